The zero-order valence-corrected chi connectivity index (χ0v) is 19.3. The van der Waals surface area contributed by atoms with Crippen molar-refractivity contribution in [3.05, 3.63) is 59.7 Å². The van der Waals surface area contributed by atoms with E-state index in [9.17, 15) is 19.5 Å². The fraction of sp³-hybridized carbons (Fsp3) is 0.444. The molecular formula is C27H30N2O5. The van der Waals surface area contributed by atoms with Crippen LogP contribution >= 0.6 is 0 Å². The van der Waals surface area contributed by atoms with Crippen molar-refractivity contribution >= 4 is 18.0 Å². The van der Waals surface area contributed by atoms with Crippen molar-refractivity contribution in [3.63, 3.8) is 0 Å². The average Bonchev–Trinajstić information content (AvgIpc) is 3.26. The van der Waals surface area contributed by atoms with E-state index in [0.29, 0.717) is 32.1 Å². The number of nitrogens with one attached hydrogen (secondary N) is 2. The predicted molar refractivity (Wildman–Crippen MR) is 126 cm³/mol. The van der Waals surface area contributed by atoms with Crippen LogP contribution in [0.2, 0.25) is 0 Å². The number of carboxylic acids is 1. The van der Waals surface area contributed by atoms with Crippen LogP contribution in [0.3, 0.4) is 0 Å². The molecule has 0 aromatic heterocycles. The van der Waals surface area contributed by atoms with Crippen LogP contribution in [0.15, 0.2) is 48.5 Å². The molecule has 34 heavy (non-hydrogen) atoms. The third-order valence-corrected chi connectivity index (χ3v) is 7.71. The molecule has 3 aliphatic carbocycles. The van der Waals surface area contributed by atoms with Gasteiger partial charge in [-0.15, -0.1) is 0 Å². The lowest BCUT2D eigenvalue weighted by Gasteiger charge is -2.22. The highest BCUT2D eigenvalue weighted by Gasteiger charge is 2.65. The molecule has 178 valence electrons. The highest BCUT2D eigenvalue weighted by atomic mass is 16.5. The lowest BCUT2D eigenvalue weighted by molar-refractivity contribution is -0.143. The van der Waals surface area contributed by atoms with E-state index < -0.39 is 23.5 Å². The standard InChI is InChI=1S/C27H30N2O5/c1-2-7-23(24(30)28-17-12-16-13-27(16,14-17)25(31)32)29-26(33)34-15-22-20-10-5-3-8-18(20)19-9-4-6-11-21(19)22/h3-6,8-11,16-17,22-23H,2,7,12-15H2,1H3,(H,28,30)(H,29,33)(H,31,32). The molecule has 0 bridgehead atoms. The average molecular weight is 463 g/mol. The van der Waals surface area contributed by atoms with E-state index in [1.165, 1.54) is 0 Å². The Bertz CT molecular complexity index is 1090. The summed E-state index contributed by atoms with van der Waals surface area (Å²) in [4.78, 5) is 37.1. The molecule has 0 saturated heterocycles. The van der Waals surface area contributed by atoms with Crippen molar-refractivity contribution in [2.45, 2.75) is 57.0 Å². The predicted octanol–water partition coefficient (Wildman–Crippen LogP) is 4.06. The van der Waals surface area contributed by atoms with E-state index in [4.69, 9.17) is 4.74 Å². The van der Waals surface area contributed by atoms with E-state index >= 15 is 0 Å². The molecule has 7 heteroatoms. The Morgan fingerprint density at radius 3 is 2.29 bits per heavy atom. The molecule has 4 atom stereocenters. The van der Waals surface area contributed by atoms with Gasteiger partial charge in [-0.05, 0) is 53.9 Å². The van der Waals surface area contributed by atoms with E-state index in [-0.39, 0.29) is 30.4 Å². The monoisotopic (exact) mass is 462 g/mol. The Labute approximate surface area is 198 Å². The van der Waals surface area contributed by atoms with Crippen LogP contribution in [0.5, 0.6) is 0 Å². The number of carboxylic acid groups (broad SMARTS) is 1. The molecule has 0 radical (unpaired) electrons. The summed E-state index contributed by atoms with van der Waals surface area (Å²) < 4.78 is 5.60. The molecule has 2 amide bonds. The minimum Gasteiger partial charge on any atom is -0.481 e. The minimum absolute atomic E-state index is 0.0472. The molecule has 0 heterocycles. The van der Waals surface area contributed by atoms with Crippen LogP contribution in [0.25, 0.3) is 11.1 Å². The number of hydrogen-bond acceptors (Lipinski definition) is 4. The third kappa shape index (κ3) is 3.93. The van der Waals surface area contributed by atoms with Gasteiger partial charge < -0.3 is 20.5 Å². The van der Waals surface area contributed by atoms with E-state index in [0.717, 1.165) is 22.3 Å². The number of ether oxygens (including phenoxy) is 1. The van der Waals surface area contributed by atoms with Gasteiger partial charge in [-0.25, -0.2) is 4.79 Å². The first kappa shape index (κ1) is 22.4. The fourth-order valence-electron chi connectivity index (χ4n) is 5.91. The Kier molecular flexibility index (Phi) is 5.80. The SMILES string of the molecule is CCCC(NC(=O)OCC1c2ccccc2-c2ccccc21)C(=O)NC1CC2CC2(C(=O)O)C1. The number of aliphatic carboxylic acids is 1. The molecule has 5 rings (SSSR count). The van der Waals surface area contributed by atoms with Gasteiger partial charge in [0.25, 0.3) is 0 Å². The Morgan fingerprint density at radius 1 is 1.06 bits per heavy atom. The largest absolute Gasteiger partial charge is 0.481 e. The van der Waals surface area contributed by atoms with E-state index in [1.54, 1.807) is 0 Å². The van der Waals surface area contributed by atoms with Crippen molar-refractivity contribution in [1.82, 2.24) is 10.6 Å². The molecule has 3 aliphatic rings. The number of carbonyl (C=O) groups is 3. The Balaban J connectivity index is 1.19. The number of amides is 2. The summed E-state index contributed by atoms with van der Waals surface area (Å²) >= 11 is 0. The molecule has 2 fully saturated rings. The number of carbonyl (C=O) groups excluding carboxylic acids is 2. The number of rotatable bonds is 8. The van der Waals surface area contributed by atoms with Gasteiger partial charge in [0.2, 0.25) is 5.91 Å². The maximum Gasteiger partial charge on any atom is 0.407 e. The molecule has 0 spiro atoms. The maximum absolute atomic E-state index is 12.9. The second-order valence-corrected chi connectivity index (χ2v) is 9.82. The van der Waals surface area contributed by atoms with Crippen LogP contribution < -0.4 is 10.6 Å². The van der Waals surface area contributed by atoms with Gasteiger partial charge in [-0.2, -0.15) is 0 Å². The molecule has 2 aromatic rings. The maximum atomic E-state index is 12.9. The second-order valence-electron chi connectivity index (χ2n) is 9.82. The molecule has 4 unspecified atom stereocenters. The first-order valence-corrected chi connectivity index (χ1v) is 12.1. The Morgan fingerprint density at radius 2 is 1.71 bits per heavy atom. The summed E-state index contributed by atoms with van der Waals surface area (Å²) in [7, 11) is 0. The summed E-state index contributed by atoms with van der Waals surface area (Å²) in [6, 6.07) is 15.4. The van der Waals surface area contributed by atoms with Crippen LogP contribution in [-0.4, -0.2) is 41.8 Å². The van der Waals surface area contributed by atoms with Gasteiger partial charge in [0, 0.05) is 12.0 Å². The van der Waals surface area contributed by atoms with Crippen molar-refractivity contribution in [2.75, 3.05) is 6.61 Å². The first-order chi connectivity index (χ1) is 16.4. The summed E-state index contributed by atoms with van der Waals surface area (Å²) in [5, 5.41) is 15.2. The Hall–Kier alpha value is -3.35. The summed E-state index contributed by atoms with van der Waals surface area (Å²) in [5.41, 5.74) is 3.92. The normalized spacial score (nSPS) is 25.0. The van der Waals surface area contributed by atoms with Crippen LogP contribution in [0.1, 0.15) is 56.1 Å². The summed E-state index contributed by atoms with van der Waals surface area (Å²) in [6.45, 7) is 2.13. The lowest BCUT2D eigenvalue weighted by atomic mass is 9.98. The number of alkyl carbamates (subject to hydrolysis) is 1. The van der Waals surface area contributed by atoms with Gasteiger partial charge >= 0.3 is 12.1 Å². The minimum atomic E-state index is -0.767. The topological polar surface area (TPSA) is 105 Å². The van der Waals surface area contributed by atoms with E-state index in [2.05, 4.69) is 34.9 Å². The van der Waals surface area contributed by atoms with Gasteiger partial charge in [-0.3, -0.25) is 9.59 Å². The number of fused-ring (bicyclic) bond motifs is 4. The molecule has 0 aliphatic heterocycles. The van der Waals surface area contributed by atoms with Crippen molar-refractivity contribution < 1.29 is 24.2 Å². The van der Waals surface area contributed by atoms with E-state index in [1.807, 2.05) is 31.2 Å². The van der Waals surface area contributed by atoms with Gasteiger partial charge in [0.05, 0.1) is 5.41 Å². The fourth-order valence-corrected chi connectivity index (χ4v) is 5.91. The third-order valence-electron chi connectivity index (χ3n) is 7.71. The quantitative estimate of drug-likeness (QED) is 0.549. The van der Waals surface area contributed by atoms with Crippen LogP contribution in [0, 0.1) is 11.3 Å². The highest BCUT2D eigenvalue weighted by molar-refractivity contribution is 5.86. The van der Waals surface area contributed by atoms with Crippen molar-refractivity contribution in [2.24, 2.45) is 11.3 Å². The van der Waals surface area contributed by atoms with Gasteiger partial charge in [0.15, 0.2) is 0 Å². The lowest BCUT2D eigenvalue weighted by Crippen LogP contribution is -2.49. The zero-order chi connectivity index (χ0) is 23.9. The second kappa shape index (κ2) is 8.78. The molecular weight excluding hydrogens is 432 g/mol. The zero-order valence-electron chi connectivity index (χ0n) is 19.3. The van der Waals surface area contributed by atoms with Crippen molar-refractivity contribution in [1.29, 1.82) is 0 Å². The summed E-state index contributed by atoms with van der Waals surface area (Å²) in [6.07, 6.45) is 2.42. The number of hydrogen-bond donors (Lipinski definition) is 3. The molecule has 2 saturated carbocycles. The van der Waals surface area contributed by atoms with Gasteiger partial charge in [0.1, 0.15) is 12.6 Å². The van der Waals surface area contributed by atoms with Crippen LogP contribution in [0.4, 0.5) is 4.79 Å². The smallest absolute Gasteiger partial charge is 0.407 e. The number of benzene rings is 2. The molecule has 3 N–H and O–H groups in total. The molecule has 2 aromatic carbocycles. The molecule has 7 nitrogen and oxygen atoms in total. The van der Waals surface area contributed by atoms with Crippen LogP contribution in [-0.2, 0) is 14.3 Å². The van der Waals surface area contributed by atoms with Crippen molar-refractivity contribution in [3.8, 4) is 11.1 Å². The van der Waals surface area contributed by atoms with Gasteiger partial charge in [-0.1, -0.05) is 61.9 Å². The highest BCUT2D eigenvalue weighted by Crippen LogP contribution is 2.63. The summed E-state index contributed by atoms with van der Waals surface area (Å²) in [5.74, 6) is -0.942. The first-order valence-electron chi connectivity index (χ1n) is 12.1.